The van der Waals surface area contributed by atoms with E-state index in [4.69, 9.17) is 9.84 Å². The van der Waals surface area contributed by atoms with Gasteiger partial charge in [0.25, 0.3) is 0 Å². The summed E-state index contributed by atoms with van der Waals surface area (Å²) in [6.07, 6.45) is 3.13. The van der Waals surface area contributed by atoms with Crippen LogP contribution in [0.15, 0.2) is 18.4 Å². The Morgan fingerprint density at radius 1 is 1.14 bits per heavy atom. The molecular formula is C9H10Cl2O3. The monoisotopic (exact) mass is 236 g/mol. The smallest absolute Gasteiger partial charge is 0.165 e. The molecule has 0 radical (unpaired) electrons. The van der Waals surface area contributed by atoms with E-state index in [1.807, 2.05) is 0 Å². The lowest BCUT2D eigenvalue weighted by molar-refractivity contribution is 0.233. The zero-order valence-corrected chi connectivity index (χ0v) is 8.77. The van der Waals surface area contributed by atoms with Gasteiger partial charge in [0.15, 0.2) is 11.5 Å². The highest BCUT2D eigenvalue weighted by Gasteiger charge is 2.12. The summed E-state index contributed by atoms with van der Waals surface area (Å²) in [4.78, 5) is 0. The van der Waals surface area contributed by atoms with Crippen LogP contribution in [0, 0.1) is 0 Å². The molecule has 2 rings (SSSR count). The van der Waals surface area contributed by atoms with Gasteiger partial charge in [-0.15, -0.1) is 24.8 Å². The van der Waals surface area contributed by atoms with E-state index in [9.17, 15) is 5.11 Å². The predicted molar refractivity (Wildman–Crippen MR) is 58.1 cm³/mol. The lowest BCUT2D eigenvalue weighted by atomic mass is 10.1. The molecule has 1 aliphatic heterocycles. The molecule has 0 saturated carbocycles. The van der Waals surface area contributed by atoms with E-state index in [0.717, 1.165) is 5.56 Å². The second-order valence-corrected chi connectivity index (χ2v) is 2.62. The molecule has 3 nitrogen and oxygen atoms in total. The summed E-state index contributed by atoms with van der Waals surface area (Å²) in [5.74, 6) is -0.174. The number of ether oxygens (including phenoxy) is 1. The van der Waals surface area contributed by atoms with E-state index >= 15 is 0 Å². The average molecular weight is 237 g/mol. The fraction of sp³-hybridized carbons (Fsp3) is 0.111. The van der Waals surface area contributed by atoms with Crippen LogP contribution >= 0.6 is 24.8 Å². The van der Waals surface area contributed by atoms with Gasteiger partial charge in [-0.25, -0.2) is 0 Å². The third-order valence-electron chi connectivity index (χ3n) is 1.86. The Morgan fingerprint density at radius 3 is 2.57 bits per heavy atom. The first-order valence-electron chi connectivity index (χ1n) is 3.61. The summed E-state index contributed by atoms with van der Waals surface area (Å²) in [7, 11) is 0. The zero-order chi connectivity index (χ0) is 8.55. The van der Waals surface area contributed by atoms with Gasteiger partial charge in [-0.05, 0) is 12.1 Å². The van der Waals surface area contributed by atoms with E-state index < -0.39 is 0 Å². The molecule has 0 fully saturated rings. The Bertz CT molecular complexity index is 350. The van der Waals surface area contributed by atoms with Gasteiger partial charge in [0.05, 0.1) is 6.26 Å². The van der Waals surface area contributed by atoms with E-state index in [-0.39, 0.29) is 36.3 Å². The molecule has 0 atom stereocenters. The van der Waals surface area contributed by atoms with Crippen molar-refractivity contribution >= 4 is 30.9 Å². The normalized spacial score (nSPS) is 11.7. The Kier molecular flexibility index (Phi) is 4.60. The van der Waals surface area contributed by atoms with Gasteiger partial charge >= 0.3 is 0 Å². The first kappa shape index (κ1) is 12.9. The third-order valence-corrected chi connectivity index (χ3v) is 1.86. The minimum Gasteiger partial charge on any atom is -0.504 e. The predicted octanol–water partition coefficient (Wildman–Crippen LogP) is 2.44. The standard InChI is InChI=1S/C9H8O3.2ClH/c10-8-2-1-6-5-12-4-3-7(6)9(8)11;;/h1-4,10-11H,5H2;2*1H. The van der Waals surface area contributed by atoms with Crippen molar-refractivity contribution < 1.29 is 14.9 Å². The summed E-state index contributed by atoms with van der Waals surface area (Å²) >= 11 is 0. The van der Waals surface area contributed by atoms with Crippen LogP contribution in [0.5, 0.6) is 11.5 Å². The van der Waals surface area contributed by atoms with Gasteiger partial charge in [0.2, 0.25) is 0 Å². The molecular weight excluding hydrogens is 227 g/mol. The number of hydrogen-bond donors (Lipinski definition) is 2. The summed E-state index contributed by atoms with van der Waals surface area (Å²) in [6, 6.07) is 3.19. The van der Waals surface area contributed by atoms with E-state index in [1.165, 1.54) is 12.3 Å². The van der Waals surface area contributed by atoms with Crippen molar-refractivity contribution in [2.45, 2.75) is 6.61 Å². The molecule has 14 heavy (non-hydrogen) atoms. The molecule has 5 heteroatoms. The zero-order valence-electron chi connectivity index (χ0n) is 7.14. The Hall–Kier alpha value is -1.06. The molecule has 0 amide bonds. The van der Waals surface area contributed by atoms with Crippen molar-refractivity contribution in [3.05, 3.63) is 29.5 Å². The molecule has 1 aromatic rings. The van der Waals surface area contributed by atoms with E-state index in [2.05, 4.69) is 0 Å². The molecule has 1 heterocycles. The lowest BCUT2D eigenvalue weighted by Crippen LogP contribution is -1.96. The fourth-order valence-electron chi connectivity index (χ4n) is 1.20. The highest BCUT2D eigenvalue weighted by atomic mass is 35.5. The lowest BCUT2D eigenvalue weighted by Gasteiger charge is -2.12. The topological polar surface area (TPSA) is 49.7 Å². The Morgan fingerprint density at radius 2 is 1.86 bits per heavy atom. The van der Waals surface area contributed by atoms with Crippen LogP contribution < -0.4 is 0 Å². The number of aromatic hydroxyl groups is 2. The summed E-state index contributed by atoms with van der Waals surface area (Å²) in [5.41, 5.74) is 1.52. The Balaban J connectivity index is 0.000000845. The minimum absolute atomic E-state index is 0. The van der Waals surface area contributed by atoms with Gasteiger partial charge in [0, 0.05) is 11.1 Å². The van der Waals surface area contributed by atoms with Gasteiger partial charge in [-0.1, -0.05) is 6.07 Å². The maximum absolute atomic E-state index is 9.39. The van der Waals surface area contributed by atoms with Crippen LogP contribution in [-0.4, -0.2) is 10.2 Å². The second-order valence-electron chi connectivity index (χ2n) is 2.62. The summed E-state index contributed by atoms with van der Waals surface area (Å²) in [6.45, 7) is 0.444. The number of phenols is 2. The molecule has 2 N–H and O–H groups in total. The quantitative estimate of drug-likeness (QED) is 0.681. The number of fused-ring (bicyclic) bond motifs is 1. The second kappa shape index (κ2) is 4.98. The van der Waals surface area contributed by atoms with Gasteiger partial charge < -0.3 is 14.9 Å². The third kappa shape index (κ3) is 2.05. The molecule has 0 bridgehead atoms. The number of rotatable bonds is 0. The van der Waals surface area contributed by atoms with Crippen LogP contribution in [0.1, 0.15) is 11.1 Å². The number of hydrogen-bond acceptors (Lipinski definition) is 3. The van der Waals surface area contributed by atoms with Crippen LogP contribution in [0.4, 0.5) is 0 Å². The first-order chi connectivity index (χ1) is 5.79. The molecule has 1 aliphatic rings. The van der Waals surface area contributed by atoms with Crippen molar-refractivity contribution in [2.75, 3.05) is 0 Å². The SMILES string of the molecule is Cl.Cl.Oc1ccc2c(c1O)C=COC2. The van der Waals surface area contributed by atoms with Gasteiger partial charge in [0.1, 0.15) is 6.61 Å². The van der Waals surface area contributed by atoms with Gasteiger partial charge in [-0.3, -0.25) is 0 Å². The molecule has 0 aliphatic carbocycles. The highest BCUT2D eigenvalue weighted by molar-refractivity contribution is 5.85. The fourth-order valence-corrected chi connectivity index (χ4v) is 1.20. The summed E-state index contributed by atoms with van der Waals surface area (Å²) < 4.78 is 5.02. The van der Waals surface area contributed by atoms with Crippen LogP contribution in [0.25, 0.3) is 6.08 Å². The van der Waals surface area contributed by atoms with Crippen LogP contribution in [0.2, 0.25) is 0 Å². The molecule has 0 saturated heterocycles. The van der Waals surface area contributed by atoms with Crippen molar-refractivity contribution in [2.24, 2.45) is 0 Å². The molecule has 0 aromatic heterocycles. The van der Waals surface area contributed by atoms with Gasteiger partial charge in [-0.2, -0.15) is 0 Å². The molecule has 0 unspecified atom stereocenters. The van der Waals surface area contributed by atoms with Crippen LogP contribution in [0.3, 0.4) is 0 Å². The van der Waals surface area contributed by atoms with E-state index in [1.54, 1.807) is 12.1 Å². The summed E-state index contributed by atoms with van der Waals surface area (Å²) in [5, 5.41) is 18.5. The number of phenolic OH excluding ortho intramolecular Hbond substituents is 2. The highest BCUT2D eigenvalue weighted by Crippen LogP contribution is 2.34. The van der Waals surface area contributed by atoms with Crippen molar-refractivity contribution in [3.8, 4) is 11.5 Å². The van der Waals surface area contributed by atoms with Crippen LogP contribution in [-0.2, 0) is 11.3 Å². The molecule has 0 spiro atoms. The maximum atomic E-state index is 9.39. The molecule has 78 valence electrons. The minimum atomic E-state index is -0.0969. The Labute approximate surface area is 93.8 Å². The number of halogens is 2. The first-order valence-corrected chi connectivity index (χ1v) is 3.61. The maximum Gasteiger partial charge on any atom is 0.165 e. The largest absolute Gasteiger partial charge is 0.504 e. The molecule has 1 aromatic carbocycles. The number of benzene rings is 1. The average Bonchev–Trinajstić information content (AvgIpc) is 2.12. The van der Waals surface area contributed by atoms with Crippen molar-refractivity contribution in [3.63, 3.8) is 0 Å². The van der Waals surface area contributed by atoms with Crippen molar-refractivity contribution in [1.82, 2.24) is 0 Å². The van der Waals surface area contributed by atoms with E-state index in [0.29, 0.717) is 12.2 Å². The van der Waals surface area contributed by atoms with Crippen molar-refractivity contribution in [1.29, 1.82) is 0 Å².